The Labute approximate surface area is 289 Å². The molecule has 0 amide bonds. The summed E-state index contributed by atoms with van der Waals surface area (Å²) in [5.41, 5.74) is 1.15. The van der Waals surface area contributed by atoms with E-state index in [1.54, 1.807) is 25.6 Å². The number of hydrogen-bond acceptors (Lipinski definition) is 8. The Morgan fingerprint density at radius 3 is 2.27 bits per heavy atom. The molecule has 0 aliphatic heterocycles. The smallest absolute Gasteiger partial charge is 0.303 e. The molecule has 0 radical (unpaired) electrons. The summed E-state index contributed by atoms with van der Waals surface area (Å²) in [5, 5.41) is 12.4. The normalized spacial score (nSPS) is 12.6. The van der Waals surface area contributed by atoms with Gasteiger partial charge in [-0.3, -0.25) is 13.8 Å². The number of rotatable bonds is 21. The molecule has 1 aromatic heterocycles. The van der Waals surface area contributed by atoms with Gasteiger partial charge in [0.1, 0.15) is 28.8 Å². The van der Waals surface area contributed by atoms with Crippen LogP contribution in [-0.4, -0.2) is 59.2 Å². The standard InChI is InChI=1S/C23H32N2O4.C15H22O3S/c1-4-17(2)19(15-23(26)27)14-18-6-8-20(9-7-18)29-13-5-11-24-22-16-21(28-3)10-12-25-22;1-12(2)15(16)9-4-5-10-18-13-7-6-8-14(11-13)19(3)17/h6-10,12,16-17,19H,4-5,11,13-15H2,1-3H3,(H,24,25)(H,26,27);6-8,11-12H,4-5,9-10H2,1-3H3. The third kappa shape index (κ3) is 16.3. The molecule has 3 unspecified atom stereocenters. The maximum Gasteiger partial charge on any atom is 0.303 e. The predicted octanol–water partition coefficient (Wildman–Crippen LogP) is 7.85. The molecule has 48 heavy (non-hydrogen) atoms. The van der Waals surface area contributed by atoms with Crippen LogP contribution in [0.2, 0.25) is 0 Å². The van der Waals surface area contributed by atoms with E-state index in [1.165, 1.54) is 0 Å². The van der Waals surface area contributed by atoms with E-state index in [2.05, 4.69) is 24.1 Å². The summed E-state index contributed by atoms with van der Waals surface area (Å²) in [7, 11) is 0.650. The molecule has 9 nitrogen and oxygen atoms in total. The van der Waals surface area contributed by atoms with Crippen LogP contribution < -0.4 is 19.5 Å². The van der Waals surface area contributed by atoms with Crippen LogP contribution >= 0.6 is 0 Å². The fourth-order valence-corrected chi connectivity index (χ4v) is 5.35. The van der Waals surface area contributed by atoms with Crippen molar-refractivity contribution in [2.24, 2.45) is 17.8 Å². The Balaban J connectivity index is 0.000000365. The van der Waals surface area contributed by atoms with E-state index in [1.807, 2.05) is 68.4 Å². The van der Waals surface area contributed by atoms with Crippen LogP contribution in [0.25, 0.3) is 0 Å². The van der Waals surface area contributed by atoms with Crippen LogP contribution in [0.4, 0.5) is 5.82 Å². The first-order valence-corrected chi connectivity index (χ1v) is 18.3. The number of aromatic nitrogens is 1. The van der Waals surface area contributed by atoms with Crippen molar-refractivity contribution in [3.8, 4) is 17.2 Å². The van der Waals surface area contributed by atoms with E-state index in [4.69, 9.17) is 19.3 Å². The van der Waals surface area contributed by atoms with E-state index >= 15 is 0 Å². The van der Waals surface area contributed by atoms with Crippen LogP contribution in [-0.2, 0) is 26.8 Å². The quantitative estimate of drug-likeness (QED) is 0.108. The lowest BCUT2D eigenvalue weighted by molar-refractivity contribution is -0.138. The lowest BCUT2D eigenvalue weighted by Gasteiger charge is -2.21. The maximum absolute atomic E-state index is 11.4. The molecule has 2 N–H and O–H groups in total. The van der Waals surface area contributed by atoms with E-state index in [-0.39, 0.29) is 18.3 Å². The molecular weight excluding hydrogens is 628 g/mol. The number of methoxy groups -OCH3 is 1. The number of carbonyl (C=O) groups excluding carboxylic acids is 1. The average Bonchev–Trinajstić information content (AvgIpc) is 3.08. The summed E-state index contributed by atoms with van der Waals surface area (Å²) in [6.45, 7) is 10.0. The highest BCUT2D eigenvalue weighted by atomic mass is 32.2. The van der Waals surface area contributed by atoms with Crippen molar-refractivity contribution in [3.63, 3.8) is 0 Å². The third-order valence-corrected chi connectivity index (χ3v) is 8.96. The topological polar surface area (TPSA) is 124 Å². The number of nitrogens with one attached hydrogen (secondary N) is 1. The SMILES string of the molecule is CC(C)C(=O)CCCCOc1cccc(S(C)=O)c1.CCC(C)C(CC(=O)O)Cc1ccc(OCCCNc2cc(OC)ccn2)cc1. The van der Waals surface area contributed by atoms with Crippen molar-refractivity contribution in [1.29, 1.82) is 0 Å². The van der Waals surface area contributed by atoms with Gasteiger partial charge in [-0.1, -0.05) is 52.3 Å². The van der Waals surface area contributed by atoms with Gasteiger partial charge in [-0.25, -0.2) is 4.98 Å². The summed E-state index contributed by atoms with van der Waals surface area (Å²) in [5.74, 6) is 3.36. The molecule has 0 aliphatic carbocycles. The van der Waals surface area contributed by atoms with Crippen molar-refractivity contribution in [2.75, 3.05) is 38.4 Å². The summed E-state index contributed by atoms with van der Waals surface area (Å²) in [6, 6.07) is 19.0. The molecule has 0 aliphatic rings. The monoisotopic (exact) mass is 682 g/mol. The molecule has 3 rings (SSSR count). The number of ether oxygens (including phenoxy) is 3. The zero-order valence-corrected chi connectivity index (χ0v) is 30.2. The number of Topliss-reactive ketones (excluding diaryl/α,β-unsaturated/α-hetero) is 1. The van der Waals surface area contributed by atoms with Crippen molar-refractivity contribution < 1.29 is 33.1 Å². The Morgan fingerprint density at radius 1 is 0.917 bits per heavy atom. The highest BCUT2D eigenvalue weighted by molar-refractivity contribution is 7.84. The molecule has 2 aromatic carbocycles. The number of carboxylic acid groups (broad SMARTS) is 1. The van der Waals surface area contributed by atoms with Crippen molar-refractivity contribution in [1.82, 2.24) is 4.98 Å². The summed E-state index contributed by atoms with van der Waals surface area (Å²) >= 11 is 0. The molecule has 0 fully saturated rings. The number of ketones is 1. The van der Waals surface area contributed by atoms with Gasteiger partial charge in [-0.2, -0.15) is 0 Å². The summed E-state index contributed by atoms with van der Waals surface area (Å²) < 4.78 is 27.9. The van der Waals surface area contributed by atoms with Crippen molar-refractivity contribution in [3.05, 3.63) is 72.4 Å². The molecule has 264 valence electrons. The highest BCUT2D eigenvalue weighted by Gasteiger charge is 2.19. The fourth-order valence-electron chi connectivity index (χ4n) is 4.79. The molecule has 0 spiro atoms. The van der Waals surface area contributed by atoms with Gasteiger partial charge in [0.15, 0.2) is 0 Å². The first-order chi connectivity index (χ1) is 23.0. The number of nitrogens with zero attached hydrogens (tertiary/aromatic N) is 1. The fraction of sp³-hybridized carbons (Fsp3) is 0.500. The van der Waals surface area contributed by atoms with Gasteiger partial charge in [0, 0.05) is 59.5 Å². The van der Waals surface area contributed by atoms with Gasteiger partial charge in [0.2, 0.25) is 0 Å². The van der Waals surface area contributed by atoms with Crippen LogP contribution in [0.3, 0.4) is 0 Å². The largest absolute Gasteiger partial charge is 0.497 e. The number of benzene rings is 2. The number of carboxylic acids is 1. The Morgan fingerprint density at radius 2 is 1.62 bits per heavy atom. The molecule has 0 bridgehead atoms. The number of hydrogen-bond donors (Lipinski definition) is 2. The average molecular weight is 683 g/mol. The number of anilines is 1. The van der Waals surface area contributed by atoms with Gasteiger partial charge in [-0.15, -0.1) is 0 Å². The minimum absolute atomic E-state index is 0.122. The van der Waals surface area contributed by atoms with E-state index in [0.29, 0.717) is 31.3 Å². The molecular formula is C38H54N2O7S. The third-order valence-electron chi connectivity index (χ3n) is 8.04. The molecule has 3 atom stereocenters. The summed E-state index contributed by atoms with van der Waals surface area (Å²) in [6.07, 6.45) is 8.52. The van der Waals surface area contributed by atoms with Crippen LogP contribution in [0.1, 0.15) is 71.8 Å². The number of aliphatic carboxylic acids is 1. The molecule has 3 aromatic rings. The Kier molecular flexibility index (Phi) is 19.0. The molecule has 1 heterocycles. The number of unbranched alkanes of at least 4 members (excludes halogenated alkanes) is 1. The Hall–Kier alpha value is -3.92. The zero-order valence-electron chi connectivity index (χ0n) is 29.4. The van der Waals surface area contributed by atoms with Gasteiger partial charge < -0.3 is 24.6 Å². The minimum Gasteiger partial charge on any atom is -0.497 e. The van der Waals surface area contributed by atoms with Crippen LogP contribution in [0, 0.1) is 17.8 Å². The second-order valence-electron chi connectivity index (χ2n) is 12.2. The van der Waals surface area contributed by atoms with Gasteiger partial charge in [-0.05, 0) is 79.5 Å². The van der Waals surface area contributed by atoms with Gasteiger partial charge in [0.05, 0.1) is 20.3 Å². The van der Waals surface area contributed by atoms with E-state index in [0.717, 1.165) is 72.2 Å². The van der Waals surface area contributed by atoms with Crippen LogP contribution in [0.15, 0.2) is 71.8 Å². The Bertz CT molecular complexity index is 1400. The lowest BCUT2D eigenvalue weighted by atomic mass is 9.84. The van der Waals surface area contributed by atoms with Gasteiger partial charge >= 0.3 is 5.97 Å². The first kappa shape index (κ1) is 40.3. The van der Waals surface area contributed by atoms with Crippen molar-refractivity contribution in [2.45, 2.75) is 77.5 Å². The molecule has 0 saturated carbocycles. The van der Waals surface area contributed by atoms with E-state index in [9.17, 15) is 13.8 Å². The number of carbonyl (C=O) groups is 2. The molecule has 0 saturated heterocycles. The van der Waals surface area contributed by atoms with E-state index < -0.39 is 16.8 Å². The highest BCUT2D eigenvalue weighted by Crippen LogP contribution is 2.25. The second-order valence-corrected chi connectivity index (χ2v) is 13.5. The van der Waals surface area contributed by atoms with Crippen LogP contribution in [0.5, 0.6) is 17.2 Å². The van der Waals surface area contributed by atoms with Gasteiger partial charge in [0.25, 0.3) is 0 Å². The second kappa shape index (κ2) is 22.6. The van der Waals surface area contributed by atoms with Crippen molar-refractivity contribution >= 4 is 28.4 Å². The summed E-state index contributed by atoms with van der Waals surface area (Å²) in [4.78, 5) is 27.6. The number of pyridine rings is 1. The first-order valence-electron chi connectivity index (χ1n) is 16.8. The predicted molar refractivity (Wildman–Crippen MR) is 193 cm³/mol. The lowest BCUT2D eigenvalue weighted by Crippen LogP contribution is -2.18. The maximum atomic E-state index is 11.4. The molecule has 10 heteroatoms. The minimum atomic E-state index is -0.984. The zero-order chi connectivity index (χ0) is 35.3.